The number of hydrogen-bond donors (Lipinski definition) is 2. The minimum atomic E-state index is 0.0579. The summed E-state index contributed by atoms with van der Waals surface area (Å²) in [5, 5.41) is 6.27. The number of hydrogen-bond acceptors (Lipinski definition) is 2. The number of aryl methyl sites for hydroxylation is 1. The van der Waals surface area contributed by atoms with Gasteiger partial charge in [0.15, 0.2) is 0 Å². The molecule has 19 heavy (non-hydrogen) atoms. The molecule has 0 aliphatic rings. The molecule has 1 aromatic rings. The highest BCUT2D eigenvalue weighted by atomic mass is 16.1. The molecule has 0 spiro atoms. The van der Waals surface area contributed by atoms with Gasteiger partial charge in [0.25, 0.3) is 0 Å². The molecule has 0 saturated carbocycles. The summed E-state index contributed by atoms with van der Waals surface area (Å²) in [7, 11) is 0. The summed E-state index contributed by atoms with van der Waals surface area (Å²) in [4.78, 5) is 11.4. The van der Waals surface area contributed by atoms with Crippen molar-refractivity contribution in [1.82, 2.24) is 10.6 Å². The third-order valence-corrected chi connectivity index (χ3v) is 3.21. The molecule has 0 heterocycles. The summed E-state index contributed by atoms with van der Waals surface area (Å²) in [6, 6.07) is 10.5. The third-order valence-electron chi connectivity index (χ3n) is 3.21. The molecule has 0 aliphatic carbocycles. The zero-order valence-corrected chi connectivity index (χ0v) is 12.3. The Morgan fingerprint density at radius 2 is 1.89 bits per heavy atom. The lowest BCUT2D eigenvalue weighted by atomic mass is 9.95. The molecule has 106 valence electrons. The molecule has 3 heteroatoms. The lowest BCUT2D eigenvalue weighted by Gasteiger charge is -2.26. The largest absolute Gasteiger partial charge is 0.356 e. The van der Waals surface area contributed by atoms with E-state index >= 15 is 0 Å². The molecule has 0 atom stereocenters. The van der Waals surface area contributed by atoms with Crippen LogP contribution in [0.4, 0.5) is 0 Å². The van der Waals surface area contributed by atoms with Gasteiger partial charge in [0, 0.05) is 25.0 Å². The highest BCUT2D eigenvalue weighted by Crippen LogP contribution is 2.13. The average molecular weight is 262 g/mol. The van der Waals surface area contributed by atoms with E-state index < -0.39 is 0 Å². The van der Waals surface area contributed by atoms with Crippen molar-refractivity contribution in [3.63, 3.8) is 0 Å². The first-order valence-corrected chi connectivity index (χ1v) is 7.09. The third kappa shape index (κ3) is 6.97. The highest BCUT2D eigenvalue weighted by Gasteiger charge is 2.16. The molecule has 0 fully saturated rings. The van der Waals surface area contributed by atoms with Crippen LogP contribution in [0.25, 0.3) is 0 Å². The van der Waals surface area contributed by atoms with Crippen LogP contribution in [0.3, 0.4) is 0 Å². The van der Waals surface area contributed by atoms with E-state index in [0.29, 0.717) is 13.0 Å². The fourth-order valence-corrected chi connectivity index (χ4v) is 1.99. The zero-order valence-electron chi connectivity index (χ0n) is 12.3. The normalized spacial score (nSPS) is 11.3. The van der Waals surface area contributed by atoms with E-state index in [1.54, 1.807) is 0 Å². The van der Waals surface area contributed by atoms with E-state index in [9.17, 15) is 4.79 Å². The lowest BCUT2D eigenvalue weighted by Crippen LogP contribution is -2.41. The lowest BCUT2D eigenvalue weighted by molar-refractivity contribution is -0.120. The predicted molar refractivity (Wildman–Crippen MR) is 80.1 cm³/mol. The van der Waals surface area contributed by atoms with Crippen molar-refractivity contribution in [2.75, 3.05) is 13.1 Å². The minimum Gasteiger partial charge on any atom is -0.356 e. The molecule has 0 aliphatic heterocycles. The second-order valence-corrected chi connectivity index (χ2v) is 5.50. The number of carbonyl (C=O) groups is 1. The van der Waals surface area contributed by atoms with Gasteiger partial charge in [-0.25, -0.2) is 0 Å². The van der Waals surface area contributed by atoms with Crippen LogP contribution in [0.1, 0.15) is 39.2 Å². The first-order chi connectivity index (χ1) is 9.03. The molecule has 1 aromatic carbocycles. The van der Waals surface area contributed by atoms with Gasteiger partial charge >= 0.3 is 0 Å². The quantitative estimate of drug-likeness (QED) is 0.756. The number of carbonyl (C=O) groups excluding carboxylic acids is 1. The standard InChI is InChI=1S/C16H26N2O/c1-4-17-15(19)11-13-18-16(2,3)12-10-14-8-6-5-7-9-14/h5-9,18H,4,10-13H2,1-3H3,(H,17,19). The van der Waals surface area contributed by atoms with Crippen molar-refractivity contribution in [3.05, 3.63) is 35.9 Å². The Morgan fingerprint density at radius 1 is 1.21 bits per heavy atom. The van der Waals surface area contributed by atoms with Gasteiger partial charge in [-0.2, -0.15) is 0 Å². The number of nitrogens with one attached hydrogen (secondary N) is 2. The van der Waals surface area contributed by atoms with Crippen LogP contribution in [-0.2, 0) is 11.2 Å². The zero-order chi connectivity index (χ0) is 14.1. The molecule has 3 nitrogen and oxygen atoms in total. The van der Waals surface area contributed by atoms with Crippen LogP contribution >= 0.6 is 0 Å². The molecule has 0 bridgehead atoms. The summed E-state index contributed by atoms with van der Waals surface area (Å²) < 4.78 is 0. The number of benzene rings is 1. The fraction of sp³-hybridized carbons (Fsp3) is 0.562. The van der Waals surface area contributed by atoms with Crippen LogP contribution in [0, 0.1) is 0 Å². The van der Waals surface area contributed by atoms with Gasteiger partial charge in [-0.05, 0) is 39.2 Å². The Bertz CT molecular complexity index is 374. The van der Waals surface area contributed by atoms with Crippen molar-refractivity contribution in [2.45, 2.75) is 45.6 Å². The minimum absolute atomic E-state index is 0.0579. The van der Waals surface area contributed by atoms with Gasteiger partial charge in [-0.15, -0.1) is 0 Å². The van der Waals surface area contributed by atoms with E-state index in [-0.39, 0.29) is 11.4 Å². The van der Waals surface area contributed by atoms with Gasteiger partial charge < -0.3 is 10.6 Å². The molecule has 0 radical (unpaired) electrons. The number of rotatable bonds is 8. The van der Waals surface area contributed by atoms with E-state index in [0.717, 1.165) is 19.4 Å². The Kier molecular flexibility index (Phi) is 6.57. The number of amides is 1. The van der Waals surface area contributed by atoms with Crippen molar-refractivity contribution in [1.29, 1.82) is 0 Å². The van der Waals surface area contributed by atoms with Gasteiger partial charge in [0.05, 0.1) is 0 Å². The maximum absolute atomic E-state index is 11.4. The fourth-order valence-electron chi connectivity index (χ4n) is 1.99. The van der Waals surface area contributed by atoms with E-state index in [2.05, 4.69) is 48.7 Å². The predicted octanol–water partition coefficient (Wildman–Crippen LogP) is 2.51. The summed E-state index contributed by atoms with van der Waals surface area (Å²) >= 11 is 0. The van der Waals surface area contributed by atoms with Crippen LogP contribution in [-0.4, -0.2) is 24.5 Å². The molecule has 1 amide bonds. The molecule has 0 saturated heterocycles. The Hall–Kier alpha value is -1.35. The smallest absolute Gasteiger partial charge is 0.221 e. The van der Waals surface area contributed by atoms with Crippen LogP contribution in [0.2, 0.25) is 0 Å². The maximum Gasteiger partial charge on any atom is 0.221 e. The molecular weight excluding hydrogens is 236 g/mol. The van der Waals surface area contributed by atoms with Gasteiger partial charge in [0.2, 0.25) is 5.91 Å². The Labute approximate surface area is 116 Å². The van der Waals surface area contributed by atoms with Gasteiger partial charge in [-0.3, -0.25) is 4.79 Å². The van der Waals surface area contributed by atoms with Gasteiger partial charge in [-0.1, -0.05) is 30.3 Å². The second kappa shape index (κ2) is 7.95. The van der Waals surface area contributed by atoms with Crippen molar-refractivity contribution >= 4 is 5.91 Å². The van der Waals surface area contributed by atoms with Crippen molar-refractivity contribution in [3.8, 4) is 0 Å². The molecule has 1 rings (SSSR count). The maximum atomic E-state index is 11.4. The van der Waals surface area contributed by atoms with E-state index in [4.69, 9.17) is 0 Å². The SMILES string of the molecule is CCNC(=O)CCNC(C)(C)CCc1ccccc1. The Balaban J connectivity index is 2.26. The van der Waals surface area contributed by atoms with Crippen LogP contribution in [0.5, 0.6) is 0 Å². The highest BCUT2D eigenvalue weighted by molar-refractivity contribution is 5.75. The summed E-state index contributed by atoms with van der Waals surface area (Å²) in [5.74, 6) is 0.119. The monoisotopic (exact) mass is 262 g/mol. The first kappa shape index (κ1) is 15.7. The van der Waals surface area contributed by atoms with Gasteiger partial charge in [0.1, 0.15) is 0 Å². The summed E-state index contributed by atoms with van der Waals surface area (Å²) in [6.07, 6.45) is 2.66. The summed E-state index contributed by atoms with van der Waals surface area (Å²) in [5.41, 5.74) is 1.42. The first-order valence-electron chi connectivity index (χ1n) is 7.09. The van der Waals surface area contributed by atoms with E-state index in [1.807, 2.05) is 13.0 Å². The van der Waals surface area contributed by atoms with Crippen molar-refractivity contribution in [2.24, 2.45) is 0 Å². The second-order valence-electron chi connectivity index (χ2n) is 5.50. The molecule has 2 N–H and O–H groups in total. The summed E-state index contributed by atoms with van der Waals surface area (Å²) in [6.45, 7) is 7.75. The van der Waals surface area contributed by atoms with E-state index in [1.165, 1.54) is 5.56 Å². The van der Waals surface area contributed by atoms with Crippen molar-refractivity contribution < 1.29 is 4.79 Å². The topological polar surface area (TPSA) is 41.1 Å². The van der Waals surface area contributed by atoms with Crippen LogP contribution in [0.15, 0.2) is 30.3 Å². The Morgan fingerprint density at radius 3 is 2.53 bits per heavy atom. The van der Waals surface area contributed by atoms with Crippen LogP contribution < -0.4 is 10.6 Å². The molecular formula is C16H26N2O. The molecule has 0 unspecified atom stereocenters. The average Bonchev–Trinajstić information content (AvgIpc) is 2.38. The molecule has 0 aromatic heterocycles.